The normalized spacial score (nSPS) is 20.8. The van der Waals surface area contributed by atoms with Crippen molar-refractivity contribution in [3.05, 3.63) is 52.2 Å². The molecule has 6 heterocycles. The highest BCUT2D eigenvalue weighted by atomic mass is 35.5. The smallest absolute Gasteiger partial charge is 0.254 e. The van der Waals surface area contributed by atoms with Crippen molar-refractivity contribution in [1.29, 1.82) is 0 Å². The molecule has 3 N–H and O–H groups in total. The van der Waals surface area contributed by atoms with Gasteiger partial charge in [0, 0.05) is 127 Å². The highest BCUT2D eigenvalue weighted by Gasteiger charge is 2.40. The van der Waals surface area contributed by atoms with E-state index in [0.29, 0.717) is 80.8 Å². The highest BCUT2D eigenvalue weighted by Crippen LogP contribution is 2.37. The Kier molecular flexibility index (Phi) is 14.1. The first-order chi connectivity index (χ1) is 28.7. The number of hydrogen-bond acceptors (Lipinski definition) is 12. The zero-order valence-corrected chi connectivity index (χ0v) is 36.3. The topological polar surface area (TPSA) is 172 Å². The third-order valence-electron chi connectivity index (χ3n) is 11.1. The van der Waals surface area contributed by atoms with Crippen LogP contribution < -0.4 is 20.9 Å². The number of hydrogen-bond donors (Lipinski definition) is 2. The quantitative estimate of drug-likeness (QED) is 0.190. The molecule has 2 aliphatic carbocycles. The molecule has 4 aliphatic rings. The minimum absolute atomic E-state index is 0.0197. The van der Waals surface area contributed by atoms with Gasteiger partial charge in [-0.3, -0.25) is 9.59 Å². The molecule has 2 saturated heterocycles. The molecule has 4 aromatic heterocycles. The lowest BCUT2D eigenvalue weighted by molar-refractivity contribution is -0.129. The molecule has 8 rings (SSSR count). The second-order valence-corrected chi connectivity index (χ2v) is 16.6. The molecule has 21 heteroatoms. The van der Waals surface area contributed by atoms with Gasteiger partial charge in [-0.25, -0.2) is 26.9 Å². The molecule has 4 fully saturated rings. The average Bonchev–Trinajstić information content (AvgIpc) is 3.94. The number of aromatic nitrogens is 8. The molecular weight excluding hydrogens is 820 g/mol. The van der Waals surface area contributed by atoms with Crippen molar-refractivity contribution in [2.75, 3.05) is 67.5 Å². The van der Waals surface area contributed by atoms with Gasteiger partial charge < -0.3 is 30.7 Å². The molecule has 2 atom stereocenters. The zero-order valence-electron chi connectivity index (χ0n) is 35.5. The Hall–Kier alpha value is -5.11. The number of nitrogens with zero attached hydrogens (tertiary/aromatic N) is 12. The van der Waals surface area contributed by atoms with Gasteiger partial charge in [-0.2, -0.15) is 30.1 Å². The standard InChI is InChI=1S/C20H27F2N7O.C15H19ClN6O.C5H9F2N/c1-13-10-14(2)29(26-13)19-24-17(23-16-4-5-20(21,22)12-16)11-18(25-19)28-8-6-27(7-9-28)15(3)30;1-10-8-11(2)22(19-10)15-17-13(16)9-14(18-15)21-6-4-20(5-7-21)12(3)23;6-5(7)2-1-4(8)3-5/h10-11,16H,4-9,12H2,1-3H3,(H,23,24,25);8-9H,4-7H2,1-3H3;4H,1-3,8H2. The van der Waals surface area contributed by atoms with Gasteiger partial charge in [0.05, 0.1) is 11.4 Å². The van der Waals surface area contributed by atoms with Crippen LogP contribution in [-0.4, -0.2) is 137 Å². The first kappa shape index (κ1) is 45.4. The van der Waals surface area contributed by atoms with Crippen LogP contribution in [0.1, 0.15) is 75.1 Å². The van der Waals surface area contributed by atoms with Crippen LogP contribution in [0.2, 0.25) is 5.15 Å². The number of rotatable bonds is 6. The number of nitrogens with two attached hydrogens (primary N) is 1. The Bertz CT molecular complexity index is 2170. The van der Waals surface area contributed by atoms with E-state index in [4.69, 9.17) is 22.3 Å². The number of halogens is 5. The summed E-state index contributed by atoms with van der Waals surface area (Å²) < 4.78 is 54.9. The summed E-state index contributed by atoms with van der Waals surface area (Å²) in [5, 5.41) is 12.4. The predicted molar refractivity (Wildman–Crippen MR) is 224 cm³/mol. The van der Waals surface area contributed by atoms with Crippen molar-refractivity contribution in [2.45, 2.75) is 104 Å². The van der Waals surface area contributed by atoms with E-state index in [1.807, 2.05) is 44.7 Å². The molecule has 2 amide bonds. The van der Waals surface area contributed by atoms with E-state index < -0.39 is 11.8 Å². The predicted octanol–water partition coefficient (Wildman–Crippen LogP) is 5.28. The summed E-state index contributed by atoms with van der Waals surface area (Å²) in [5.41, 5.74) is 8.83. The second kappa shape index (κ2) is 18.9. The van der Waals surface area contributed by atoms with Crippen LogP contribution >= 0.6 is 11.6 Å². The van der Waals surface area contributed by atoms with Gasteiger partial charge in [0.1, 0.15) is 22.6 Å². The van der Waals surface area contributed by atoms with E-state index in [0.717, 1.165) is 41.7 Å². The van der Waals surface area contributed by atoms with Gasteiger partial charge in [-0.15, -0.1) is 0 Å². The molecular formula is C40H55ClF4N14O2. The molecule has 61 heavy (non-hydrogen) atoms. The van der Waals surface area contributed by atoms with Gasteiger partial charge in [-0.05, 0) is 52.7 Å². The average molecular weight is 875 g/mol. The van der Waals surface area contributed by atoms with Gasteiger partial charge in [-0.1, -0.05) is 11.6 Å². The molecule has 2 saturated carbocycles. The lowest BCUT2D eigenvalue weighted by Crippen LogP contribution is -2.48. The minimum Gasteiger partial charge on any atom is -0.367 e. The summed E-state index contributed by atoms with van der Waals surface area (Å²) in [6.07, 6.45) is 0.436. The molecule has 0 spiro atoms. The Morgan fingerprint density at radius 1 is 0.672 bits per heavy atom. The van der Waals surface area contributed by atoms with E-state index >= 15 is 0 Å². The van der Waals surface area contributed by atoms with Crippen LogP contribution in [0.25, 0.3) is 11.9 Å². The van der Waals surface area contributed by atoms with Gasteiger partial charge in [0.15, 0.2) is 0 Å². The number of amides is 2. The van der Waals surface area contributed by atoms with Crippen LogP contribution in [-0.2, 0) is 9.59 Å². The molecule has 0 aromatic carbocycles. The summed E-state index contributed by atoms with van der Waals surface area (Å²) in [7, 11) is 0. The molecule has 332 valence electrons. The van der Waals surface area contributed by atoms with Crippen LogP contribution in [0.5, 0.6) is 0 Å². The number of aryl methyl sites for hydroxylation is 4. The number of carbonyl (C=O) groups is 2. The molecule has 2 unspecified atom stereocenters. The van der Waals surface area contributed by atoms with Crippen molar-refractivity contribution in [2.24, 2.45) is 5.73 Å². The van der Waals surface area contributed by atoms with Crippen molar-refractivity contribution >= 4 is 40.9 Å². The fourth-order valence-corrected chi connectivity index (χ4v) is 8.01. The Morgan fingerprint density at radius 3 is 1.51 bits per heavy atom. The zero-order chi connectivity index (χ0) is 44.2. The summed E-state index contributed by atoms with van der Waals surface area (Å²) in [6.45, 7) is 16.2. The first-order valence-electron chi connectivity index (χ1n) is 20.5. The van der Waals surface area contributed by atoms with E-state index in [1.54, 1.807) is 40.2 Å². The van der Waals surface area contributed by atoms with Crippen LogP contribution in [0.15, 0.2) is 24.3 Å². The molecule has 2 aliphatic heterocycles. The summed E-state index contributed by atoms with van der Waals surface area (Å²) in [5.74, 6) is -2.09. The number of carbonyl (C=O) groups excluding carboxylic acids is 2. The van der Waals surface area contributed by atoms with Gasteiger partial charge in [0.25, 0.3) is 11.9 Å². The number of anilines is 3. The van der Waals surface area contributed by atoms with Crippen LogP contribution in [0.3, 0.4) is 0 Å². The van der Waals surface area contributed by atoms with Crippen molar-refractivity contribution in [1.82, 2.24) is 49.3 Å². The summed E-state index contributed by atoms with van der Waals surface area (Å²) in [6, 6.07) is 6.87. The van der Waals surface area contributed by atoms with Crippen molar-refractivity contribution in [3.8, 4) is 11.9 Å². The maximum atomic E-state index is 13.6. The van der Waals surface area contributed by atoms with Crippen molar-refractivity contribution < 1.29 is 27.2 Å². The van der Waals surface area contributed by atoms with E-state index in [2.05, 4.69) is 40.3 Å². The first-order valence-corrected chi connectivity index (χ1v) is 20.9. The maximum absolute atomic E-state index is 13.6. The highest BCUT2D eigenvalue weighted by molar-refractivity contribution is 6.29. The Labute approximate surface area is 357 Å². The van der Waals surface area contributed by atoms with E-state index in [1.165, 1.54) is 0 Å². The fourth-order valence-electron chi connectivity index (χ4n) is 7.83. The van der Waals surface area contributed by atoms with Crippen LogP contribution in [0, 0.1) is 27.7 Å². The van der Waals surface area contributed by atoms with Gasteiger partial charge >= 0.3 is 0 Å². The third-order valence-corrected chi connectivity index (χ3v) is 11.3. The van der Waals surface area contributed by atoms with Crippen molar-refractivity contribution in [3.63, 3.8) is 0 Å². The van der Waals surface area contributed by atoms with Gasteiger partial charge in [0.2, 0.25) is 23.7 Å². The van der Waals surface area contributed by atoms with Crippen LogP contribution in [0.4, 0.5) is 35.0 Å². The summed E-state index contributed by atoms with van der Waals surface area (Å²) >= 11 is 6.17. The van der Waals surface area contributed by atoms with E-state index in [9.17, 15) is 27.2 Å². The number of nitrogens with one attached hydrogen (secondary N) is 1. The minimum atomic E-state index is -2.63. The number of alkyl halides is 4. The molecule has 16 nitrogen and oxygen atoms in total. The molecule has 0 bridgehead atoms. The molecule has 0 radical (unpaired) electrons. The fraction of sp³-hybridized carbons (Fsp3) is 0.600. The number of piperazine rings is 2. The Balaban J connectivity index is 0.000000177. The SMILES string of the molecule is CC(=O)N1CCN(c2cc(Cl)nc(-n3nc(C)cc3C)n2)CC1.CC(=O)N1CCN(c2cc(NC3CCC(F)(F)C3)nc(-n3nc(C)cc3C)n2)CC1.NC1CCC(F)(F)C1. The third kappa shape index (κ3) is 12.0. The summed E-state index contributed by atoms with van der Waals surface area (Å²) in [4.78, 5) is 49.0. The Morgan fingerprint density at radius 2 is 1.13 bits per heavy atom. The largest absolute Gasteiger partial charge is 0.367 e. The van der Waals surface area contributed by atoms with E-state index in [-0.39, 0.29) is 49.6 Å². The second-order valence-electron chi connectivity index (χ2n) is 16.2. The maximum Gasteiger partial charge on any atom is 0.254 e. The lowest BCUT2D eigenvalue weighted by Gasteiger charge is -2.35. The monoisotopic (exact) mass is 874 g/mol. The lowest BCUT2D eigenvalue weighted by atomic mass is 10.2. The molecule has 4 aromatic rings.